The number of aryl methyl sites for hydroxylation is 2. The van der Waals surface area contributed by atoms with Gasteiger partial charge in [-0.3, -0.25) is 4.79 Å². The SMILES string of the molecule is Cc1ncsc1COc1cc2c(C(=O)NC3(CO)CC3)c(C)oc2cc1F. The zero-order valence-corrected chi connectivity index (χ0v) is 15.8. The summed E-state index contributed by atoms with van der Waals surface area (Å²) in [6, 6.07) is 2.72. The van der Waals surface area contributed by atoms with Gasteiger partial charge in [-0.05, 0) is 32.8 Å². The Hall–Kier alpha value is -2.45. The third kappa shape index (κ3) is 3.30. The maximum Gasteiger partial charge on any atom is 0.255 e. The summed E-state index contributed by atoms with van der Waals surface area (Å²) in [6.45, 7) is 3.62. The number of halogens is 1. The number of fused-ring (bicyclic) bond motifs is 1. The molecule has 0 bridgehead atoms. The second-order valence-corrected chi connectivity index (χ2v) is 7.79. The number of furan rings is 1. The first-order valence-corrected chi connectivity index (χ1v) is 9.48. The first-order chi connectivity index (χ1) is 12.9. The zero-order chi connectivity index (χ0) is 19.2. The molecule has 2 N–H and O–H groups in total. The molecule has 1 aromatic carbocycles. The number of benzene rings is 1. The smallest absolute Gasteiger partial charge is 0.255 e. The van der Waals surface area contributed by atoms with Crippen LogP contribution in [0.1, 0.15) is 39.5 Å². The Morgan fingerprint density at radius 1 is 1.44 bits per heavy atom. The van der Waals surface area contributed by atoms with E-state index in [2.05, 4.69) is 10.3 Å². The van der Waals surface area contributed by atoms with Crippen LogP contribution in [-0.4, -0.2) is 28.1 Å². The van der Waals surface area contributed by atoms with E-state index in [0.717, 1.165) is 23.4 Å². The van der Waals surface area contributed by atoms with Crippen molar-refractivity contribution >= 4 is 28.2 Å². The Kier molecular flexibility index (Phi) is 4.39. The lowest BCUT2D eigenvalue weighted by Crippen LogP contribution is -2.39. The maximum absolute atomic E-state index is 14.4. The van der Waals surface area contributed by atoms with Crippen LogP contribution in [0.3, 0.4) is 0 Å². The number of carbonyl (C=O) groups is 1. The molecule has 1 aliphatic carbocycles. The van der Waals surface area contributed by atoms with E-state index < -0.39 is 11.4 Å². The maximum atomic E-state index is 14.4. The minimum Gasteiger partial charge on any atom is -0.485 e. The number of nitrogens with one attached hydrogen (secondary N) is 1. The van der Waals surface area contributed by atoms with Gasteiger partial charge in [-0.2, -0.15) is 0 Å². The molecule has 1 amide bonds. The molecule has 2 aromatic heterocycles. The van der Waals surface area contributed by atoms with Crippen molar-refractivity contribution in [1.82, 2.24) is 10.3 Å². The fraction of sp³-hybridized carbons (Fsp3) is 0.368. The molecule has 4 rings (SSSR count). The second-order valence-electron chi connectivity index (χ2n) is 6.85. The highest BCUT2D eigenvalue weighted by atomic mass is 32.1. The predicted octanol–water partition coefficient (Wildman–Crippen LogP) is 3.48. The summed E-state index contributed by atoms with van der Waals surface area (Å²) < 4.78 is 25.6. The number of thiazole rings is 1. The van der Waals surface area contributed by atoms with E-state index in [1.807, 2.05) is 6.92 Å². The van der Waals surface area contributed by atoms with Gasteiger partial charge in [0, 0.05) is 11.5 Å². The molecule has 0 aliphatic heterocycles. The summed E-state index contributed by atoms with van der Waals surface area (Å²) in [6.07, 6.45) is 1.47. The van der Waals surface area contributed by atoms with Gasteiger partial charge in [0.25, 0.3) is 5.91 Å². The van der Waals surface area contributed by atoms with Crippen LogP contribution in [-0.2, 0) is 6.61 Å². The van der Waals surface area contributed by atoms with Crippen LogP contribution in [0.4, 0.5) is 4.39 Å². The minimum absolute atomic E-state index is 0.0495. The molecule has 0 saturated heterocycles. The Balaban J connectivity index is 1.65. The van der Waals surface area contributed by atoms with E-state index >= 15 is 0 Å². The summed E-state index contributed by atoms with van der Waals surface area (Å²) in [5.74, 6) is -0.451. The number of hydrogen-bond donors (Lipinski definition) is 2. The topological polar surface area (TPSA) is 84.6 Å². The summed E-state index contributed by atoms with van der Waals surface area (Å²) in [5.41, 5.74) is 2.63. The van der Waals surface area contributed by atoms with Crippen LogP contribution in [0.25, 0.3) is 11.0 Å². The fourth-order valence-electron chi connectivity index (χ4n) is 3.00. The van der Waals surface area contributed by atoms with Gasteiger partial charge in [0.1, 0.15) is 18.0 Å². The van der Waals surface area contributed by atoms with Crippen molar-refractivity contribution in [2.45, 2.75) is 38.8 Å². The van der Waals surface area contributed by atoms with Crippen LogP contribution in [0.15, 0.2) is 22.1 Å². The molecule has 1 fully saturated rings. The number of aliphatic hydroxyl groups excluding tert-OH is 1. The second kappa shape index (κ2) is 6.61. The number of amides is 1. The molecule has 0 atom stereocenters. The first-order valence-electron chi connectivity index (χ1n) is 8.60. The Morgan fingerprint density at radius 3 is 2.85 bits per heavy atom. The molecule has 8 heteroatoms. The van der Waals surface area contributed by atoms with Crippen molar-refractivity contribution in [2.75, 3.05) is 6.61 Å². The van der Waals surface area contributed by atoms with Crippen LogP contribution in [0.5, 0.6) is 5.75 Å². The Morgan fingerprint density at radius 2 is 2.22 bits per heavy atom. The normalized spacial score (nSPS) is 15.1. The van der Waals surface area contributed by atoms with Crippen molar-refractivity contribution in [3.05, 3.63) is 45.4 Å². The standard InChI is InChI=1S/C19H19FN2O4S/c1-10-16(27-9-21-10)7-25-15-5-12-14(6-13(15)20)26-11(2)17(12)18(24)22-19(8-23)3-4-19/h5-6,9,23H,3-4,7-8H2,1-2H3,(H,22,24). The number of ether oxygens (including phenoxy) is 1. The van der Waals surface area contributed by atoms with E-state index in [1.54, 1.807) is 12.4 Å². The molecule has 0 spiro atoms. The quantitative estimate of drug-likeness (QED) is 0.673. The molecule has 27 heavy (non-hydrogen) atoms. The summed E-state index contributed by atoms with van der Waals surface area (Å²) in [4.78, 5) is 17.8. The fourth-order valence-corrected chi connectivity index (χ4v) is 3.69. The van der Waals surface area contributed by atoms with Crippen molar-refractivity contribution in [3.8, 4) is 5.75 Å². The number of aliphatic hydroxyl groups is 1. The van der Waals surface area contributed by atoms with Crippen molar-refractivity contribution in [3.63, 3.8) is 0 Å². The van der Waals surface area contributed by atoms with Gasteiger partial charge >= 0.3 is 0 Å². The van der Waals surface area contributed by atoms with Gasteiger partial charge in [0.05, 0.1) is 33.8 Å². The van der Waals surface area contributed by atoms with Gasteiger partial charge in [-0.1, -0.05) is 0 Å². The molecule has 1 aliphatic rings. The predicted molar refractivity (Wildman–Crippen MR) is 98.6 cm³/mol. The number of hydrogen-bond acceptors (Lipinski definition) is 6. The molecule has 6 nitrogen and oxygen atoms in total. The number of carbonyl (C=O) groups excluding carboxylic acids is 1. The van der Waals surface area contributed by atoms with Crippen LogP contribution in [0.2, 0.25) is 0 Å². The van der Waals surface area contributed by atoms with Gasteiger partial charge in [0.15, 0.2) is 11.6 Å². The summed E-state index contributed by atoms with van der Waals surface area (Å²) in [7, 11) is 0. The molecule has 1 saturated carbocycles. The summed E-state index contributed by atoms with van der Waals surface area (Å²) in [5, 5.41) is 12.8. The van der Waals surface area contributed by atoms with E-state index in [-0.39, 0.29) is 30.5 Å². The lowest BCUT2D eigenvalue weighted by Gasteiger charge is -2.14. The van der Waals surface area contributed by atoms with Gasteiger partial charge in [0.2, 0.25) is 0 Å². The van der Waals surface area contributed by atoms with E-state index in [1.165, 1.54) is 23.5 Å². The molecule has 3 aromatic rings. The van der Waals surface area contributed by atoms with Gasteiger partial charge in [-0.25, -0.2) is 9.37 Å². The zero-order valence-electron chi connectivity index (χ0n) is 15.0. The van der Waals surface area contributed by atoms with E-state index in [0.29, 0.717) is 16.7 Å². The highest BCUT2D eigenvalue weighted by molar-refractivity contribution is 7.09. The summed E-state index contributed by atoms with van der Waals surface area (Å²) >= 11 is 1.44. The van der Waals surface area contributed by atoms with Crippen LogP contribution < -0.4 is 10.1 Å². The average molecular weight is 390 g/mol. The van der Waals surface area contributed by atoms with Gasteiger partial charge in [-0.15, -0.1) is 11.3 Å². The lowest BCUT2D eigenvalue weighted by molar-refractivity contribution is 0.0906. The number of aromatic nitrogens is 1. The lowest BCUT2D eigenvalue weighted by atomic mass is 10.1. The van der Waals surface area contributed by atoms with Crippen LogP contribution in [0, 0.1) is 19.7 Å². The molecular formula is C19H19FN2O4S. The highest BCUT2D eigenvalue weighted by Gasteiger charge is 2.44. The third-order valence-electron chi connectivity index (χ3n) is 4.88. The largest absolute Gasteiger partial charge is 0.485 e. The van der Waals surface area contributed by atoms with Gasteiger partial charge < -0.3 is 19.6 Å². The molecule has 0 unspecified atom stereocenters. The third-order valence-corrected chi connectivity index (χ3v) is 5.79. The van der Waals surface area contributed by atoms with E-state index in [9.17, 15) is 14.3 Å². The molecule has 0 radical (unpaired) electrons. The van der Waals surface area contributed by atoms with Crippen LogP contribution >= 0.6 is 11.3 Å². The Labute approximate surface area is 159 Å². The Bertz CT molecular complexity index is 1020. The highest BCUT2D eigenvalue weighted by Crippen LogP contribution is 2.37. The first kappa shape index (κ1) is 17.9. The van der Waals surface area contributed by atoms with Crippen molar-refractivity contribution in [2.24, 2.45) is 0 Å². The van der Waals surface area contributed by atoms with Crippen molar-refractivity contribution in [1.29, 1.82) is 0 Å². The molecule has 142 valence electrons. The minimum atomic E-state index is -0.556. The number of rotatable bonds is 6. The van der Waals surface area contributed by atoms with Crippen molar-refractivity contribution < 1.29 is 23.4 Å². The number of nitrogens with zero attached hydrogens (tertiary/aromatic N) is 1. The average Bonchev–Trinajstić information content (AvgIpc) is 3.16. The van der Waals surface area contributed by atoms with E-state index in [4.69, 9.17) is 9.15 Å². The molecular weight excluding hydrogens is 371 g/mol. The monoisotopic (exact) mass is 390 g/mol. The molecule has 2 heterocycles.